The Morgan fingerprint density at radius 2 is 1.79 bits per heavy atom. The Morgan fingerprint density at radius 1 is 1.00 bits per heavy atom. The lowest BCUT2D eigenvalue weighted by molar-refractivity contribution is -0.252. The van der Waals surface area contributed by atoms with E-state index in [4.69, 9.17) is 14.2 Å². The summed E-state index contributed by atoms with van der Waals surface area (Å²) in [6.45, 7) is 2.07. The number of carbonyl (C=O) groups excluding carboxylic acids is 2. The summed E-state index contributed by atoms with van der Waals surface area (Å²) in [4.78, 5) is 27.5. The molecule has 10 nitrogen and oxygen atoms in total. The normalized spacial score (nSPS) is 23.0. The van der Waals surface area contributed by atoms with Gasteiger partial charge in [0.05, 0.1) is 32.0 Å². The Labute approximate surface area is 251 Å². The standard InChI is InChI=1S/C33H39N3O7/c1-41-31(39)29(16-22-6-3-2-4-7-22)35-33(40)34-26-9-5-8-25(17-26)32-42-28(20-36-15-14-27(38)19-36)18-30(43-32)24-12-10-23(21-37)11-13-24/h2-13,17,27-30,32,37-38H,14-16,18-21H2,1H3,(H2,34,35,40)/t27-,28+,29-,30-,32-/m0/s1. The van der Waals surface area contributed by atoms with Gasteiger partial charge >= 0.3 is 12.0 Å². The number of rotatable bonds is 10. The molecule has 0 spiro atoms. The first-order valence-electron chi connectivity index (χ1n) is 14.6. The van der Waals surface area contributed by atoms with E-state index in [1.165, 1.54) is 7.11 Å². The fourth-order valence-electron chi connectivity index (χ4n) is 5.57. The lowest BCUT2D eigenvalue weighted by atomic mass is 9.99. The van der Waals surface area contributed by atoms with Crippen LogP contribution in [0, 0.1) is 0 Å². The van der Waals surface area contributed by atoms with Crippen molar-refractivity contribution in [1.82, 2.24) is 10.2 Å². The van der Waals surface area contributed by atoms with Crippen LogP contribution in [0.15, 0.2) is 78.9 Å². The van der Waals surface area contributed by atoms with Gasteiger partial charge in [-0.1, -0.05) is 66.7 Å². The molecule has 0 radical (unpaired) electrons. The number of carbonyl (C=O) groups is 2. The molecular formula is C33H39N3O7. The van der Waals surface area contributed by atoms with Gasteiger partial charge in [0.1, 0.15) is 6.04 Å². The van der Waals surface area contributed by atoms with Crippen molar-refractivity contribution in [2.75, 3.05) is 32.1 Å². The van der Waals surface area contributed by atoms with Crippen LogP contribution >= 0.6 is 0 Å². The first kappa shape index (κ1) is 30.7. The Kier molecular flexibility index (Phi) is 10.4. The summed E-state index contributed by atoms with van der Waals surface area (Å²) in [6, 6.07) is 22.9. The average molecular weight is 590 g/mol. The molecule has 2 aliphatic rings. The largest absolute Gasteiger partial charge is 0.467 e. The van der Waals surface area contributed by atoms with Crippen LogP contribution in [0.3, 0.4) is 0 Å². The van der Waals surface area contributed by atoms with Crippen LogP contribution in [0.4, 0.5) is 10.5 Å². The maximum atomic E-state index is 12.9. The average Bonchev–Trinajstić information content (AvgIpc) is 3.44. The van der Waals surface area contributed by atoms with Crippen LogP contribution in [-0.2, 0) is 32.0 Å². The zero-order valence-electron chi connectivity index (χ0n) is 24.2. The predicted molar refractivity (Wildman–Crippen MR) is 160 cm³/mol. The minimum absolute atomic E-state index is 0.0303. The van der Waals surface area contributed by atoms with E-state index in [-0.39, 0.29) is 24.9 Å². The van der Waals surface area contributed by atoms with E-state index in [2.05, 4.69) is 15.5 Å². The molecule has 0 bridgehead atoms. The molecule has 4 N–H and O–H groups in total. The Bertz CT molecular complexity index is 1350. The molecule has 5 atom stereocenters. The second-order valence-corrected chi connectivity index (χ2v) is 11.0. The highest BCUT2D eigenvalue weighted by molar-refractivity contribution is 5.92. The number of esters is 1. The summed E-state index contributed by atoms with van der Waals surface area (Å²) in [5.41, 5.74) is 3.95. The van der Waals surface area contributed by atoms with Crippen molar-refractivity contribution in [3.63, 3.8) is 0 Å². The van der Waals surface area contributed by atoms with E-state index in [9.17, 15) is 19.8 Å². The molecule has 3 aromatic carbocycles. The number of hydrogen-bond acceptors (Lipinski definition) is 8. The fourth-order valence-corrected chi connectivity index (χ4v) is 5.57. The van der Waals surface area contributed by atoms with E-state index < -0.39 is 24.3 Å². The number of methoxy groups -OCH3 is 1. The molecule has 0 saturated carbocycles. The van der Waals surface area contributed by atoms with Crippen molar-refractivity contribution in [1.29, 1.82) is 0 Å². The number of urea groups is 1. The molecule has 0 unspecified atom stereocenters. The molecule has 2 fully saturated rings. The second-order valence-electron chi connectivity index (χ2n) is 11.0. The zero-order chi connectivity index (χ0) is 30.2. The van der Waals surface area contributed by atoms with Crippen LogP contribution < -0.4 is 10.6 Å². The lowest BCUT2D eigenvalue weighted by Crippen LogP contribution is -2.45. The number of hydrogen-bond donors (Lipinski definition) is 4. The molecule has 2 saturated heterocycles. The molecule has 0 aliphatic carbocycles. The minimum atomic E-state index is -0.858. The van der Waals surface area contributed by atoms with Gasteiger partial charge in [-0.3, -0.25) is 4.90 Å². The number of amides is 2. The van der Waals surface area contributed by atoms with Gasteiger partial charge in [0, 0.05) is 43.7 Å². The van der Waals surface area contributed by atoms with Gasteiger partial charge in [0.25, 0.3) is 0 Å². The van der Waals surface area contributed by atoms with Crippen molar-refractivity contribution >= 4 is 17.7 Å². The van der Waals surface area contributed by atoms with Gasteiger partial charge in [-0.25, -0.2) is 9.59 Å². The molecule has 2 amide bonds. The van der Waals surface area contributed by atoms with Gasteiger partial charge in [-0.2, -0.15) is 0 Å². The number of likely N-dealkylation sites (tertiary alicyclic amines) is 1. The quantitative estimate of drug-likeness (QED) is 0.264. The number of nitrogens with one attached hydrogen (secondary N) is 2. The summed E-state index contributed by atoms with van der Waals surface area (Å²) in [5, 5.41) is 25.0. The number of aliphatic hydroxyl groups excluding tert-OH is 2. The first-order chi connectivity index (χ1) is 20.9. The van der Waals surface area contributed by atoms with Crippen molar-refractivity contribution in [3.05, 3.63) is 101 Å². The fraction of sp³-hybridized carbons (Fsp3) is 0.394. The van der Waals surface area contributed by atoms with E-state index in [1.54, 1.807) is 12.1 Å². The van der Waals surface area contributed by atoms with Gasteiger partial charge < -0.3 is 35.1 Å². The Balaban J connectivity index is 1.29. The third-order valence-electron chi connectivity index (χ3n) is 7.81. The monoisotopic (exact) mass is 589 g/mol. The van der Waals surface area contributed by atoms with Crippen molar-refractivity contribution in [2.45, 2.75) is 56.5 Å². The lowest BCUT2D eigenvalue weighted by Gasteiger charge is -2.38. The van der Waals surface area contributed by atoms with Gasteiger partial charge in [-0.15, -0.1) is 0 Å². The van der Waals surface area contributed by atoms with Gasteiger partial charge in [0.15, 0.2) is 6.29 Å². The highest BCUT2D eigenvalue weighted by Crippen LogP contribution is 2.39. The first-order valence-corrected chi connectivity index (χ1v) is 14.6. The summed E-state index contributed by atoms with van der Waals surface area (Å²) >= 11 is 0. The highest BCUT2D eigenvalue weighted by atomic mass is 16.7. The van der Waals surface area contributed by atoms with Crippen LogP contribution in [0.1, 0.15) is 47.5 Å². The van der Waals surface area contributed by atoms with E-state index in [0.717, 1.165) is 35.2 Å². The number of benzene rings is 3. The number of β-amino-alcohol motifs (C(OH)–C–C–N with tert-alkyl or cyclic N) is 1. The van der Waals surface area contributed by atoms with Crippen LogP contribution in [0.5, 0.6) is 0 Å². The van der Waals surface area contributed by atoms with Gasteiger partial charge in [0.2, 0.25) is 0 Å². The molecule has 5 rings (SSSR count). The number of nitrogens with zero attached hydrogens (tertiary/aromatic N) is 1. The molecule has 2 aliphatic heterocycles. The van der Waals surface area contributed by atoms with E-state index in [1.807, 2.05) is 66.7 Å². The van der Waals surface area contributed by atoms with E-state index in [0.29, 0.717) is 31.6 Å². The molecule has 0 aromatic heterocycles. The summed E-state index contributed by atoms with van der Waals surface area (Å²) in [7, 11) is 1.29. The molecular weight excluding hydrogens is 550 g/mol. The zero-order valence-corrected chi connectivity index (χ0v) is 24.2. The van der Waals surface area contributed by atoms with Crippen LogP contribution in [-0.4, -0.2) is 72.1 Å². The van der Waals surface area contributed by atoms with E-state index >= 15 is 0 Å². The molecule has 3 aromatic rings. The number of ether oxygens (including phenoxy) is 3. The van der Waals surface area contributed by atoms with Crippen molar-refractivity contribution in [3.8, 4) is 0 Å². The summed E-state index contributed by atoms with van der Waals surface area (Å²) < 4.78 is 17.8. The maximum absolute atomic E-state index is 12.9. The third kappa shape index (κ3) is 8.40. The topological polar surface area (TPSA) is 130 Å². The van der Waals surface area contributed by atoms with Crippen molar-refractivity contribution in [2.24, 2.45) is 0 Å². The molecule has 228 valence electrons. The van der Waals surface area contributed by atoms with Crippen LogP contribution in [0.25, 0.3) is 0 Å². The number of anilines is 1. The third-order valence-corrected chi connectivity index (χ3v) is 7.81. The molecule has 10 heteroatoms. The summed E-state index contributed by atoms with van der Waals surface area (Å²) in [5.74, 6) is -0.536. The highest BCUT2D eigenvalue weighted by Gasteiger charge is 2.34. The summed E-state index contributed by atoms with van der Waals surface area (Å²) in [6.07, 6.45) is 0.265. The maximum Gasteiger partial charge on any atom is 0.328 e. The Hall–Kier alpha value is -3.80. The van der Waals surface area contributed by atoms with Crippen LogP contribution in [0.2, 0.25) is 0 Å². The van der Waals surface area contributed by atoms with Gasteiger partial charge in [-0.05, 0) is 35.2 Å². The molecule has 2 heterocycles. The van der Waals surface area contributed by atoms with Crippen molar-refractivity contribution < 1.29 is 34.0 Å². The SMILES string of the molecule is COC(=O)[C@H](Cc1ccccc1)NC(=O)Nc1cccc([C@H]2O[C@@H](CN3CC[C@H](O)C3)C[C@@H](c3ccc(CO)cc3)O2)c1. The minimum Gasteiger partial charge on any atom is -0.467 e. The second kappa shape index (κ2) is 14.6. The smallest absolute Gasteiger partial charge is 0.328 e. The number of aliphatic hydroxyl groups is 2. The predicted octanol–water partition coefficient (Wildman–Crippen LogP) is 3.70. The Morgan fingerprint density at radius 3 is 2.49 bits per heavy atom. The molecule has 43 heavy (non-hydrogen) atoms.